The monoisotopic (exact) mass is 303 g/mol. The first-order chi connectivity index (χ1) is 10.8. The highest BCUT2D eigenvalue weighted by molar-refractivity contribution is 5.79. The maximum absolute atomic E-state index is 5.36. The van der Waals surface area contributed by atoms with Gasteiger partial charge in [-0.05, 0) is 32.3 Å². The standard InChI is InChI=1S/C18H29N3O/c1-3-19-17(20-13-14-22-4-2)21-15-18(11-8-12-18)16-9-6-5-7-10-16/h5-7,9-10H,3-4,8,11-15H2,1-2H3,(H2,19,20,21). The SMILES string of the molecule is CCNC(=NCC1(c2ccccc2)CCC1)NCCOCC. The van der Waals surface area contributed by atoms with E-state index in [1.54, 1.807) is 0 Å². The summed E-state index contributed by atoms with van der Waals surface area (Å²) in [5, 5.41) is 6.66. The minimum atomic E-state index is 0.240. The van der Waals surface area contributed by atoms with Gasteiger partial charge in [0, 0.05) is 25.1 Å². The summed E-state index contributed by atoms with van der Waals surface area (Å²) < 4.78 is 5.36. The number of nitrogens with one attached hydrogen (secondary N) is 2. The van der Waals surface area contributed by atoms with E-state index in [4.69, 9.17) is 9.73 Å². The Morgan fingerprint density at radius 3 is 2.55 bits per heavy atom. The predicted molar refractivity (Wildman–Crippen MR) is 92.4 cm³/mol. The van der Waals surface area contributed by atoms with Crippen LogP contribution in [0.4, 0.5) is 0 Å². The van der Waals surface area contributed by atoms with E-state index in [-0.39, 0.29) is 5.41 Å². The quantitative estimate of drug-likeness (QED) is 0.441. The van der Waals surface area contributed by atoms with Crippen molar-refractivity contribution in [3.8, 4) is 0 Å². The average molecular weight is 303 g/mol. The van der Waals surface area contributed by atoms with E-state index in [9.17, 15) is 0 Å². The molecule has 1 aromatic carbocycles. The van der Waals surface area contributed by atoms with Crippen LogP contribution in [-0.2, 0) is 10.2 Å². The van der Waals surface area contributed by atoms with E-state index in [1.165, 1.54) is 24.8 Å². The summed E-state index contributed by atoms with van der Waals surface area (Å²) in [5.41, 5.74) is 1.67. The third-order valence-electron chi connectivity index (χ3n) is 4.32. The molecule has 22 heavy (non-hydrogen) atoms. The van der Waals surface area contributed by atoms with Crippen molar-refractivity contribution in [2.75, 3.05) is 32.8 Å². The van der Waals surface area contributed by atoms with Crippen LogP contribution in [0.2, 0.25) is 0 Å². The number of aliphatic imine (C=N–C) groups is 1. The highest BCUT2D eigenvalue weighted by atomic mass is 16.5. The molecule has 0 heterocycles. The van der Waals surface area contributed by atoms with Gasteiger partial charge in [0.15, 0.2) is 5.96 Å². The summed E-state index contributed by atoms with van der Waals surface area (Å²) in [7, 11) is 0. The lowest BCUT2D eigenvalue weighted by Gasteiger charge is -2.41. The molecule has 1 saturated carbocycles. The van der Waals surface area contributed by atoms with Gasteiger partial charge in [-0.15, -0.1) is 0 Å². The Labute approximate surface area is 134 Å². The van der Waals surface area contributed by atoms with Gasteiger partial charge in [0.2, 0.25) is 0 Å². The molecular weight excluding hydrogens is 274 g/mol. The Morgan fingerprint density at radius 1 is 1.18 bits per heavy atom. The molecular formula is C18H29N3O. The number of guanidine groups is 1. The fourth-order valence-corrected chi connectivity index (χ4v) is 2.89. The predicted octanol–water partition coefficient (Wildman–Crippen LogP) is 2.70. The largest absolute Gasteiger partial charge is 0.380 e. The third kappa shape index (κ3) is 4.47. The molecule has 1 aromatic rings. The molecule has 0 unspecified atom stereocenters. The van der Waals surface area contributed by atoms with Gasteiger partial charge >= 0.3 is 0 Å². The van der Waals surface area contributed by atoms with Crippen molar-refractivity contribution in [3.05, 3.63) is 35.9 Å². The Bertz CT molecular complexity index is 455. The fourth-order valence-electron chi connectivity index (χ4n) is 2.89. The Hall–Kier alpha value is -1.55. The van der Waals surface area contributed by atoms with Crippen LogP contribution in [0.3, 0.4) is 0 Å². The Morgan fingerprint density at radius 2 is 1.95 bits per heavy atom. The van der Waals surface area contributed by atoms with Gasteiger partial charge in [-0.25, -0.2) is 0 Å². The van der Waals surface area contributed by atoms with Gasteiger partial charge in [0.05, 0.1) is 13.2 Å². The average Bonchev–Trinajstić information content (AvgIpc) is 2.51. The topological polar surface area (TPSA) is 45.7 Å². The minimum absolute atomic E-state index is 0.240. The van der Waals surface area contributed by atoms with E-state index in [0.29, 0.717) is 6.61 Å². The van der Waals surface area contributed by atoms with Gasteiger partial charge in [-0.1, -0.05) is 36.8 Å². The van der Waals surface area contributed by atoms with Crippen molar-refractivity contribution in [2.24, 2.45) is 4.99 Å². The van der Waals surface area contributed by atoms with E-state index >= 15 is 0 Å². The van der Waals surface area contributed by atoms with Crippen LogP contribution in [-0.4, -0.2) is 38.8 Å². The molecule has 0 spiro atoms. The molecule has 4 nitrogen and oxygen atoms in total. The normalized spacial score (nSPS) is 16.9. The van der Waals surface area contributed by atoms with Crippen molar-refractivity contribution in [3.63, 3.8) is 0 Å². The summed E-state index contributed by atoms with van der Waals surface area (Å²) in [6.07, 6.45) is 3.77. The molecule has 0 saturated heterocycles. The zero-order valence-corrected chi connectivity index (χ0v) is 13.9. The number of hydrogen-bond acceptors (Lipinski definition) is 2. The summed E-state index contributed by atoms with van der Waals surface area (Å²) >= 11 is 0. The second kappa shape index (κ2) is 8.79. The highest BCUT2D eigenvalue weighted by Gasteiger charge is 2.38. The van der Waals surface area contributed by atoms with Gasteiger partial charge in [-0.2, -0.15) is 0 Å². The first kappa shape index (κ1) is 16.8. The molecule has 1 aliphatic rings. The smallest absolute Gasteiger partial charge is 0.191 e. The van der Waals surface area contributed by atoms with Crippen molar-refractivity contribution < 1.29 is 4.74 Å². The van der Waals surface area contributed by atoms with Gasteiger partial charge in [-0.3, -0.25) is 4.99 Å². The molecule has 2 N–H and O–H groups in total. The maximum atomic E-state index is 5.36. The lowest BCUT2D eigenvalue weighted by atomic mass is 9.64. The fraction of sp³-hybridized carbons (Fsp3) is 0.611. The molecule has 2 rings (SSSR count). The van der Waals surface area contributed by atoms with E-state index in [1.807, 2.05) is 6.92 Å². The van der Waals surface area contributed by atoms with Crippen LogP contribution in [0.15, 0.2) is 35.3 Å². The zero-order valence-electron chi connectivity index (χ0n) is 13.9. The number of hydrogen-bond donors (Lipinski definition) is 2. The molecule has 0 aromatic heterocycles. The zero-order chi connectivity index (χ0) is 15.7. The molecule has 0 amide bonds. The first-order valence-electron chi connectivity index (χ1n) is 8.46. The first-order valence-corrected chi connectivity index (χ1v) is 8.46. The van der Waals surface area contributed by atoms with Gasteiger partial charge in [0.1, 0.15) is 0 Å². The highest BCUT2D eigenvalue weighted by Crippen LogP contribution is 2.43. The van der Waals surface area contributed by atoms with Crippen LogP contribution < -0.4 is 10.6 Å². The number of rotatable bonds is 8. The van der Waals surface area contributed by atoms with Crippen LogP contribution in [0.25, 0.3) is 0 Å². The van der Waals surface area contributed by atoms with Crippen LogP contribution in [0.1, 0.15) is 38.7 Å². The summed E-state index contributed by atoms with van der Waals surface area (Å²) in [4.78, 5) is 4.82. The number of nitrogens with zero attached hydrogens (tertiary/aromatic N) is 1. The minimum Gasteiger partial charge on any atom is -0.380 e. The van der Waals surface area contributed by atoms with Crippen molar-refractivity contribution >= 4 is 5.96 Å². The van der Waals surface area contributed by atoms with E-state index in [0.717, 1.165) is 32.2 Å². The Kier molecular flexibility index (Phi) is 6.72. The van der Waals surface area contributed by atoms with Gasteiger partial charge in [0.25, 0.3) is 0 Å². The lowest BCUT2D eigenvalue weighted by molar-refractivity contribution is 0.152. The molecule has 4 heteroatoms. The number of ether oxygens (including phenoxy) is 1. The van der Waals surface area contributed by atoms with Crippen LogP contribution in [0, 0.1) is 0 Å². The van der Waals surface area contributed by atoms with Crippen molar-refractivity contribution in [2.45, 2.75) is 38.5 Å². The molecule has 122 valence electrons. The van der Waals surface area contributed by atoms with Crippen molar-refractivity contribution in [1.82, 2.24) is 10.6 Å². The molecule has 1 aliphatic carbocycles. The summed E-state index contributed by atoms with van der Waals surface area (Å²) in [5.74, 6) is 0.893. The van der Waals surface area contributed by atoms with E-state index in [2.05, 4.69) is 47.9 Å². The molecule has 0 bridgehead atoms. The molecule has 0 aliphatic heterocycles. The molecule has 0 radical (unpaired) electrons. The van der Waals surface area contributed by atoms with Crippen LogP contribution >= 0.6 is 0 Å². The van der Waals surface area contributed by atoms with Crippen LogP contribution in [0.5, 0.6) is 0 Å². The van der Waals surface area contributed by atoms with Gasteiger partial charge < -0.3 is 15.4 Å². The molecule has 0 atom stereocenters. The number of benzene rings is 1. The third-order valence-corrected chi connectivity index (χ3v) is 4.32. The Balaban J connectivity index is 1.96. The summed E-state index contributed by atoms with van der Waals surface area (Å²) in [6.45, 7) is 8.09. The lowest BCUT2D eigenvalue weighted by Crippen LogP contribution is -2.42. The second-order valence-corrected chi connectivity index (χ2v) is 5.82. The maximum Gasteiger partial charge on any atom is 0.191 e. The second-order valence-electron chi connectivity index (χ2n) is 5.82. The van der Waals surface area contributed by atoms with E-state index < -0.39 is 0 Å². The van der Waals surface area contributed by atoms with Crippen molar-refractivity contribution in [1.29, 1.82) is 0 Å². The summed E-state index contributed by atoms with van der Waals surface area (Å²) in [6, 6.07) is 10.8. The molecule has 1 fully saturated rings.